The van der Waals surface area contributed by atoms with Crippen molar-refractivity contribution >= 4 is 23.2 Å². The quantitative estimate of drug-likeness (QED) is 0.901. The molecule has 1 N–H and O–H groups in total. The van der Waals surface area contributed by atoms with E-state index in [0.29, 0.717) is 16.7 Å². The van der Waals surface area contributed by atoms with E-state index < -0.39 is 0 Å². The van der Waals surface area contributed by atoms with Crippen molar-refractivity contribution in [2.45, 2.75) is 25.6 Å². The average molecular weight is 309 g/mol. The standard InChI is InChI=1S/C16H14Cl2O2/c17-13-6-4-10(8-14(13)18)9-20-16-3-1-2-11-12(16)5-7-15(11)19/h1-4,6,8,15,19H,5,7,9H2. The zero-order chi connectivity index (χ0) is 14.1. The molecule has 0 radical (unpaired) electrons. The molecule has 1 aliphatic carbocycles. The van der Waals surface area contributed by atoms with Crippen LogP contribution in [0.3, 0.4) is 0 Å². The van der Waals surface area contributed by atoms with Gasteiger partial charge in [0.1, 0.15) is 12.4 Å². The van der Waals surface area contributed by atoms with Crippen LogP contribution in [0.2, 0.25) is 10.0 Å². The summed E-state index contributed by atoms with van der Waals surface area (Å²) in [5.41, 5.74) is 3.06. The number of aliphatic hydroxyl groups is 1. The zero-order valence-electron chi connectivity index (χ0n) is 10.8. The number of hydrogen-bond donors (Lipinski definition) is 1. The molecule has 2 aromatic carbocycles. The summed E-state index contributed by atoms with van der Waals surface area (Å²) in [5.74, 6) is 0.838. The largest absolute Gasteiger partial charge is 0.489 e. The van der Waals surface area contributed by atoms with E-state index in [4.69, 9.17) is 27.9 Å². The van der Waals surface area contributed by atoms with E-state index in [-0.39, 0.29) is 6.10 Å². The molecule has 0 aliphatic heterocycles. The van der Waals surface area contributed by atoms with E-state index in [1.54, 1.807) is 6.07 Å². The van der Waals surface area contributed by atoms with Gasteiger partial charge in [0.15, 0.2) is 0 Å². The van der Waals surface area contributed by atoms with Gasteiger partial charge in [0.05, 0.1) is 16.1 Å². The fourth-order valence-electron chi connectivity index (χ4n) is 2.52. The molecule has 2 aromatic rings. The van der Waals surface area contributed by atoms with Crippen LogP contribution < -0.4 is 4.74 Å². The highest BCUT2D eigenvalue weighted by Gasteiger charge is 2.23. The van der Waals surface area contributed by atoms with Gasteiger partial charge in [-0.25, -0.2) is 0 Å². The maximum absolute atomic E-state index is 9.87. The van der Waals surface area contributed by atoms with Crippen molar-refractivity contribution in [1.29, 1.82) is 0 Å². The van der Waals surface area contributed by atoms with Gasteiger partial charge in [0.2, 0.25) is 0 Å². The van der Waals surface area contributed by atoms with E-state index in [1.807, 2.05) is 30.3 Å². The van der Waals surface area contributed by atoms with E-state index in [9.17, 15) is 5.11 Å². The number of halogens is 2. The second-order valence-corrected chi connectivity index (χ2v) is 5.73. The molecule has 1 atom stereocenters. The third-order valence-electron chi connectivity index (χ3n) is 3.57. The second kappa shape index (κ2) is 5.65. The molecule has 3 rings (SSSR count). The van der Waals surface area contributed by atoms with Crippen molar-refractivity contribution in [3.8, 4) is 5.75 Å². The Balaban J connectivity index is 1.77. The van der Waals surface area contributed by atoms with E-state index in [1.165, 1.54) is 0 Å². The minimum Gasteiger partial charge on any atom is -0.489 e. The zero-order valence-corrected chi connectivity index (χ0v) is 12.3. The monoisotopic (exact) mass is 308 g/mol. The topological polar surface area (TPSA) is 29.5 Å². The first kappa shape index (κ1) is 13.7. The SMILES string of the molecule is OC1CCc2c(OCc3ccc(Cl)c(Cl)c3)cccc21. The smallest absolute Gasteiger partial charge is 0.123 e. The molecule has 0 saturated heterocycles. The molecule has 0 aromatic heterocycles. The third-order valence-corrected chi connectivity index (χ3v) is 4.31. The van der Waals surface area contributed by atoms with Crippen molar-refractivity contribution in [2.75, 3.05) is 0 Å². The summed E-state index contributed by atoms with van der Waals surface area (Å²) < 4.78 is 5.87. The Kier molecular flexibility index (Phi) is 3.88. The van der Waals surface area contributed by atoms with Gasteiger partial charge in [-0.1, -0.05) is 41.4 Å². The van der Waals surface area contributed by atoms with Crippen molar-refractivity contribution < 1.29 is 9.84 Å². The first-order valence-electron chi connectivity index (χ1n) is 6.52. The Bertz CT molecular complexity index is 640. The van der Waals surface area contributed by atoms with Crippen molar-refractivity contribution in [1.82, 2.24) is 0 Å². The van der Waals surface area contributed by atoms with Crippen LogP contribution in [0, 0.1) is 0 Å². The third kappa shape index (κ3) is 2.64. The minimum atomic E-state index is -0.362. The van der Waals surface area contributed by atoms with Crippen molar-refractivity contribution in [2.24, 2.45) is 0 Å². The summed E-state index contributed by atoms with van der Waals surface area (Å²) >= 11 is 11.9. The molecule has 0 saturated carbocycles. The molecule has 0 fully saturated rings. The second-order valence-electron chi connectivity index (χ2n) is 4.92. The molecule has 4 heteroatoms. The van der Waals surface area contributed by atoms with E-state index >= 15 is 0 Å². The van der Waals surface area contributed by atoms with Gasteiger partial charge in [-0.3, -0.25) is 0 Å². The molecule has 20 heavy (non-hydrogen) atoms. The number of fused-ring (bicyclic) bond motifs is 1. The lowest BCUT2D eigenvalue weighted by Crippen LogP contribution is -1.99. The highest BCUT2D eigenvalue weighted by atomic mass is 35.5. The van der Waals surface area contributed by atoms with Crippen LogP contribution in [0.15, 0.2) is 36.4 Å². The molecule has 0 amide bonds. The first-order valence-corrected chi connectivity index (χ1v) is 7.27. The molecular weight excluding hydrogens is 295 g/mol. The summed E-state index contributed by atoms with van der Waals surface area (Å²) in [5, 5.41) is 10.9. The summed E-state index contributed by atoms with van der Waals surface area (Å²) in [7, 11) is 0. The molecule has 0 spiro atoms. The van der Waals surface area contributed by atoms with Gasteiger partial charge in [-0.2, -0.15) is 0 Å². The van der Waals surface area contributed by atoms with E-state index in [0.717, 1.165) is 35.3 Å². The number of aliphatic hydroxyl groups excluding tert-OH is 1. The lowest BCUT2D eigenvalue weighted by atomic mass is 10.1. The number of rotatable bonds is 3. The Morgan fingerprint density at radius 3 is 2.80 bits per heavy atom. The van der Waals surface area contributed by atoms with Crippen molar-refractivity contribution in [3.63, 3.8) is 0 Å². The predicted molar refractivity (Wildman–Crippen MR) is 80.5 cm³/mol. The number of ether oxygens (including phenoxy) is 1. The lowest BCUT2D eigenvalue weighted by Gasteiger charge is -2.11. The van der Waals surface area contributed by atoms with Crippen LogP contribution in [0.4, 0.5) is 0 Å². The minimum absolute atomic E-state index is 0.362. The van der Waals surface area contributed by atoms with Crippen LogP contribution in [0.5, 0.6) is 5.75 Å². The first-order chi connectivity index (χ1) is 9.65. The summed E-state index contributed by atoms with van der Waals surface area (Å²) in [6, 6.07) is 11.3. The molecule has 2 nitrogen and oxygen atoms in total. The van der Waals surface area contributed by atoms with Gasteiger partial charge in [0, 0.05) is 5.56 Å². The maximum atomic E-state index is 9.87. The molecule has 1 aliphatic rings. The molecule has 0 heterocycles. The summed E-state index contributed by atoms with van der Waals surface area (Å²) in [6.07, 6.45) is 1.26. The molecule has 1 unspecified atom stereocenters. The average Bonchev–Trinajstić information content (AvgIpc) is 2.83. The summed E-state index contributed by atoms with van der Waals surface area (Å²) in [4.78, 5) is 0. The molecular formula is C16H14Cl2O2. The Morgan fingerprint density at radius 1 is 1.15 bits per heavy atom. The van der Waals surface area contributed by atoms with Gasteiger partial charge in [-0.05, 0) is 42.2 Å². The predicted octanol–water partition coefficient (Wildman–Crippen LogP) is 4.55. The van der Waals surface area contributed by atoms with Gasteiger partial charge in [-0.15, -0.1) is 0 Å². The van der Waals surface area contributed by atoms with Gasteiger partial charge in [0.25, 0.3) is 0 Å². The van der Waals surface area contributed by atoms with Gasteiger partial charge >= 0.3 is 0 Å². The molecule has 104 valence electrons. The normalized spacial score (nSPS) is 17.1. The highest BCUT2D eigenvalue weighted by molar-refractivity contribution is 6.42. The Morgan fingerprint density at radius 2 is 2.00 bits per heavy atom. The Hall–Kier alpha value is -1.22. The molecule has 0 bridgehead atoms. The van der Waals surface area contributed by atoms with Crippen LogP contribution in [0.25, 0.3) is 0 Å². The van der Waals surface area contributed by atoms with Crippen LogP contribution in [0.1, 0.15) is 29.2 Å². The van der Waals surface area contributed by atoms with E-state index in [2.05, 4.69) is 0 Å². The number of hydrogen-bond acceptors (Lipinski definition) is 2. The van der Waals surface area contributed by atoms with Crippen LogP contribution in [-0.2, 0) is 13.0 Å². The van der Waals surface area contributed by atoms with Crippen LogP contribution in [-0.4, -0.2) is 5.11 Å². The van der Waals surface area contributed by atoms with Crippen LogP contribution >= 0.6 is 23.2 Å². The maximum Gasteiger partial charge on any atom is 0.123 e. The lowest BCUT2D eigenvalue weighted by molar-refractivity contribution is 0.180. The summed E-state index contributed by atoms with van der Waals surface area (Å²) in [6.45, 7) is 0.434. The van der Waals surface area contributed by atoms with Gasteiger partial charge < -0.3 is 9.84 Å². The fraction of sp³-hybridized carbons (Fsp3) is 0.250. The van der Waals surface area contributed by atoms with Crippen molar-refractivity contribution in [3.05, 3.63) is 63.1 Å². The fourth-order valence-corrected chi connectivity index (χ4v) is 2.85. The highest BCUT2D eigenvalue weighted by Crippen LogP contribution is 2.37. The Labute approximate surface area is 127 Å². The number of benzene rings is 2.